The molecule has 3 N–H and O–H groups in total. The van der Waals surface area contributed by atoms with Crippen LogP contribution in [0.5, 0.6) is 0 Å². The molecule has 2 unspecified atom stereocenters. The first-order chi connectivity index (χ1) is 9.98. The molecule has 0 radical (unpaired) electrons. The topological polar surface area (TPSA) is 58.4 Å². The molecule has 4 nitrogen and oxygen atoms in total. The Morgan fingerprint density at radius 3 is 2.86 bits per heavy atom. The number of primary amides is 1. The Labute approximate surface area is 127 Å². The first kappa shape index (κ1) is 15.8. The van der Waals surface area contributed by atoms with Crippen LogP contribution in [-0.2, 0) is 11.2 Å². The molecule has 0 fully saturated rings. The summed E-state index contributed by atoms with van der Waals surface area (Å²) in [5.74, 6) is -0.280. The van der Waals surface area contributed by atoms with Gasteiger partial charge in [-0.3, -0.25) is 4.79 Å². The molecular weight excluding hydrogens is 262 g/mol. The minimum absolute atomic E-state index is 0.280. The van der Waals surface area contributed by atoms with Gasteiger partial charge in [-0.25, -0.2) is 0 Å². The number of rotatable bonds is 6. The van der Waals surface area contributed by atoms with E-state index in [0.717, 1.165) is 25.8 Å². The molecule has 4 heteroatoms. The van der Waals surface area contributed by atoms with Crippen molar-refractivity contribution < 1.29 is 4.79 Å². The molecule has 0 saturated heterocycles. The van der Waals surface area contributed by atoms with Gasteiger partial charge in [-0.2, -0.15) is 0 Å². The molecule has 21 heavy (non-hydrogen) atoms. The van der Waals surface area contributed by atoms with Crippen LogP contribution < -0.4 is 16.0 Å². The summed E-state index contributed by atoms with van der Waals surface area (Å²) in [6.07, 6.45) is 4.04. The third kappa shape index (κ3) is 3.38. The Morgan fingerprint density at radius 2 is 2.19 bits per heavy atom. The van der Waals surface area contributed by atoms with Gasteiger partial charge in [-0.15, -0.1) is 0 Å². The zero-order chi connectivity index (χ0) is 15.5. The average Bonchev–Trinajstić information content (AvgIpc) is 2.49. The second-order valence-electron chi connectivity index (χ2n) is 6.26. The quantitative estimate of drug-likeness (QED) is 0.843. The lowest BCUT2D eigenvalue weighted by molar-refractivity contribution is -0.123. The number of nitrogens with zero attached hydrogens (tertiary/aromatic N) is 1. The maximum atomic E-state index is 11.5. The van der Waals surface area contributed by atoms with Gasteiger partial charge in [0.05, 0.1) is 5.54 Å². The maximum Gasteiger partial charge on any atom is 0.237 e. The number of likely N-dealkylation sites (N-methyl/N-ethyl adjacent to an activating group) is 1. The predicted octanol–water partition coefficient (Wildman–Crippen LogP) is 2.07. The lowest BCUT2D eigenvalue weighted by Gasteiger charge is -2.38. The summed E-state index contributed by atoms with van der Waals surface area (Å²) in [6.45, 7) is 5.12. The number of aryl methyl sites for hydroxylation is 1. The van der Waals surface area contributed by atoms with E-state index in [4.69, 9.17) is 5.73 Å². The number of anilines is 1. The molecule has 1 aromatic rings. The Morgan fingerprint density at radius 1 is 1.48 bits per heavy atom. The summed E-state index contributed by atoms with van der Waals surface area (Å²) in [4.78, 5) is 14.0. The normalized spacial score (nSPS) is 20.7. The molecule has 0 saturated carbocycles. The van der Waals surface area contributed by atoms with Gasteiger partial charge in [0, 0.05) is 18.3 Å². The van der Waals surface area contributed by atoms with Gasteiger partial charge in [-0.1, -0.05) is 18.2 Å². The van der Waals surface area contributed by atoms with Crippen LogP contribution >= 0.6 is 0 Å². The highest BCUT2D eigenvalue weighted by Crippen LogP contribution is 2.30. The van der Waals surface area contributed by atoms with Crippen molar-refractivity contribution in [2.24, 2.45) is 5.73 Å². The number of carbonyl (C=O) groups is 1. The van der Waals surface area contributed by atoms with Gasteiger partial charge in [0.25, 0.3) is 0 Å². The van der Waals surface area contributed by atoms with Gasteiger partial charge in [0.1, 0.15) is 0 Å². The van der Waals surface area contributed by atoms with E-state index < -0.39 is 5.54 Å². The summed E-state index contributed by atoms with van der Waals surface area (Å²) in [6, 6.07) is 9.18. The molecule has 2 rings (SSSR count). The van der Waals surface area contributed by atoms with E-state index in [-0.39, 0.29) is 5.91 Å². The zero-order valence-corrected chi connectivity index (χ0v) is 13.4. The molecule has 1 aromatic carbocycles. The van der Waals surface area contributed by atoms with Crippen molar-refractivity contribution in [3.63, 3.8) is 0 Å². The van der Waals surface area contributed by atoms with Crippen LogP contribution in [0.25, 0.3) is 0 Å². The fraction of sp³-hybridized carbons (Fsp3) is 0.588. The number of hydrogen-bond donors (Lipinski definition) is 2. The van der Waals surface area contributed by atoms with E-state index in [0.29, 0.717) is 6.04 Å². The monoisotopic (exact) mass is 289 g/mol. The molecule has 1 amide bonds. The van der Waals surface area contributed by atoms with Crippen molar-refractivity contribution in [2.45, 2.75) is 51.1 Å². The molecule has 1 aliphatic rings. The summed E-state index contributed by atoms with van der Waals surface area (Å²) >= 11 is 0. The van der Waals surface area contributed by atoms with E-state index >= 15 is 0 Å². The number of benzene rings is 1. The highest BCUT2D eigenvalue weighted by Gasteiger charge is 2.29. The van der Waals surface area contributed by atoms with Crippen molar-refractivity contribution in [3.05, 3.63) is 29.8 Å². The second-order valence-corrected chi connectivity index (χ2v) is 6.26. The van der Waals surface area contributed by atoms with Crippen LogP contribution in [0.2, 0.25) is 0 Å². The fourth-order valence-electron chi connectivity index (χ4n) is 3.08. The van der Waals surface area contributed by atoms with Crippen molar-refractivity contribution in [3.8, 4) is 0 Å². The first-order valence-electron chi connectivity index (χ1n) is 7.81. The zero-order valence-electron chi connectivity index (χ0n) is 13.4. The first-order valence-corrected chi connectivity index (χ1v) is 7.81. The highest BCUT2D eigenvalue weighted by atomic mass is 16.1. The van der Waals surface area contributed by atoms with Crippen LogP contribution in [0.1, 0.15) is 38.7 Å². The molecule has 2 atom stereocenters. The lowest BCUT2D eigenvalue weighted by Crippen LogP contribution is -2.52. The summed E-state index contributed by atoms with van der Waals surface area (Å²) in [5, 5.41) is 3.05. The van der Waals surface area contributed by atoms with Crippen LogP contribution in [0.3, 0.4) is 0 Å². The Hall–Kier alpha value is -1.55. The van der Waals surface area contributed by atoms with Gasteiger partial charge in [-0.05, 0) is 58.2 Å². The number of para-hydroxylation sites is 1. The Bertz CT molecular complexity index is 503. The van der Waals surface area contributed by atoms with E-state index in [1.165, 1.54) is 17.7 Å². The molecular formula is C17H27N3O. The van der Waals surface area contributed by atoms with Crippen molar-refractivity contribution >= 4 is 11.6 Å². The molecule has 0 aromatic heterocycles. The van der Waals surface area contributed by atoms with Crippen LogP contribution in [0, 0.1) is 0 Å². The number of carbonyl (C=O) groups excluding carboxylic acids is 1. The SMILES string of the molecule is CNC(C)(CCCN1c2ccccc2CCC1C)C(N)=O. The van der Waals surface area contributed by atoms with Crippen molar-refractivity contribution in [1.82, 2.24) is 5.32 Å². The van der Waals surface area contributed by atoms with Crippen LogP contribution in [-0.4, -0.2) is 31.1 Å². The Balaban J connectivity index is 2.02. The van der Waals surface area contributed by atoms with E-state index in [1.807, 2.05) is 6.92 Å². The molecule has 1 heterocycles. The number of fused-ring (bicyclic) bond motifs is 1. The average molecular weight is 289 g/mol. The van der Waals surface area contributed by atoms with Crippen molar-refractivity contribution in [1.29, 1.82) is 0 Å². The molecule has 0 bridgehead atoms. The largest absolute Gasteiger partial charge is 0.369 e. The molecule has 1 aliphatic heterocycles. The summed E-state index contributed by atoms with van der Waals surface area (Å²) in [5.41, 5.74) is 7.66. The minimum Gasteiger partial charge on any atom is -0.369 e. The summed E-state index contributed by atoms with van der Waals surface area (Å²) in [7, 11) is 1.80. The van der Waals surface area contributed by atoms with Gasteiger partial charge in [0.15, 0.2) is 0 Å². The summed E-state index contributed by atoms with van der Waals surface area (Å²) < 4.78 is 0. The third-order valence-corrected chi connectivity index (χ3v) is 4.84. The number of nitrogens with one attached hydrogen (secondary N) is 1. The third-order valence-electron chi connectivity index (χ3n) is 4.84. The van der Waals surface area contributed by atoms with Gasteiger partial charge in [0.2, 0.25) is 5.91 Å². The van der Waals surface area contributed by atoms with E-state index in [1.54, 1.807) is 7.05 Å². The standard InChI is InChI=1S/C17H27N3O/c1-13-9-10-14-7-4-5-8-15(14)20(13)12-6-11-17(2,19-3)16(18)21/h4-5,7-8,13,19H,6,9-12H2,1-3H3,(H2,18,21). The number of nitrogens with two attached hydrogens (primary N) is 1. The van der Waals surface area contributed by atoms with Crippen LogP contribution in [0.4, 0.5) is 5.69 Å². The van der Waals surface area contributed by atoms with Gasteiger partial charge < -0.3 is 16.0 Å². The predicted molar refractivity (Wildman–Crippen MR) is 87.5 cm³/mol. The lowest BCUT2D eigenvalue weighted by atomic mass is 9.93. The number of hydrogen-bond acceptors (Lipinski definition) is 3. The smallest absolute Gasteiger partial charge is 0.237 e. The number of amides is 1. The van der Waals surface area contributed by atoms with Crippen molar-refractivity contribution in [2.75, 3.05) is 18.5 Å². The van der Waals surface area contributed by atoms with E-state index in [9.17, 15) is 4.79 Å². The Kier molecular flexibility index (Phi) is 4.88. The maximum absolute atomic E-state index is 11.5. The molecule has 0 spiro atoms. The molecule has 0 aliphatic carbocycles. The second kappa shape index (κ2) is 6.48. The fourth-order valence-corrected chi connectivity index (χ4v) is 3.08. The minimum atomic E-state index is -0.613. The van der Waals surface area contributed by atoms with Gasteiger partial charge >= 0.3 is 0 Å². The molecule has 116 valence electrons. The van der Waals surface area contributed by atoms with Crippen LogP contribution in [0.15, 0.2) is 24.3 Å². The van der Waals surface area contributed by atoms with E-state index in [2.05, 4.69) is 41.4 Å². The highest BCUT2D eigenvalue weighted by molar-refractivity contribution is 5.84.